The minimum absolute atomic E-state index is 0.139. The van der Waals surface area contributed by atoms with Crippen LogP contribution in [0.3, 0.4) is 0 Å². The summed E-state index contributed by atoms with van der Waals surface area (Å²) in [5.41, 5.74) is 2.13. The van der Waals surface area contributed by atoms with Crippen molar-refractivity contribution in [3.63, 3.8) is 0 Å². The van der Waals surface area contributed by atoms with Crippen LogP contribution in [0.4, 0.5) is 5.69 Å². The summed E-state index contributed by atoms with van der Waals surface area (Å²) in [4.78, 5) is 38.4. The van der Waals surface area contributed by atoms with Crippen molar-refractivity contribution >= 4 is 17.5 Å². The van der Waals surface area contributed by atoms with Gasteiger partial charge in [-0.05, 0) is 38.8 Å². The van der Waals surface area contributed by atoms with Gasteiger partial charge in [-0.25, -0.2) is 4.98 Å². The number of aryl methyl sites for hydroxylation is 1. The zero-order valence-corrected chi connectivity index (χ0v) is 18.8. The minimum Gasteiger partial charge on any atom is -0.492 e. The smallest absolute Gasteiger partial charge is 0.271 e. The molecular formula is C24H31N5O3. The van der Waals surface area contributed by atoms with E-state index < -0.39 is 0 Å². The van der Waals surface area contributed by atoms with E-state index in [1.807, 2.05) is 36.9 Å². The molecule has 8 nitrogen and oxygen atoms in total. The molecule has 1 aliphatic carbocycles. The van der Waals surface area contributed by atoms with Gasteiger partial charge in [0.15, 0.2) is 0 Å². The highest BCUT2D eigenvalue weighted by Gasteiger charge is 2.37. The highest BCUT2D eigenvalue weighted by molar-refractivity contribution is 5.92. The van der Waals surface area contributed by atoms with Gasteiger partial charge in [-0.15, -0.1) is 0 Å². The molecule has 1 N–H and O–H groups in total. The molecule has 0 unspecified atom stereocenters. The first-order chi connectivity index (χ1) is 15.6. The quantitative estimate of drug-likeness (QED) is 0.747. The van der Waals surface area contributed by atoms with Gasteiger partial charge in [0.05, 0.1) is 30.1 Å². The number of nitrogens with zero attached hydrogens (tertiary/aromatic N) is 4. The Morgan fingerprint density at radius 2 is 1.88 bits per heavy atom. The third-order valence-electron chi connectivity index (χ3n) is 6.26. The van der Waals surface area contributed by atoms with Crippen molar-refractivity contribution in [2.24, 2.45) is 5.92 Å². The van der Waals surface area contributed by atoms with Gasteiger partial charge >= 0.3 is 0 Å². The topological polar surface area (TPSA) is 87.7 Å². The molecule has 2 aromatic rings. The van der Waals surface area contributed by atoms with Crippen LogP contribution >= 0.6 is 0 Å². The Kier molecular flexibility index (Phi) is 6.87. The summed E-state index contributed by atoms with van der Waals surface area (Å²) >= 11 is 0. The predicted molar refractivity (Wildman–Crippen MR) is 122 cm³/mol. The Labute approximate surface area is 189 Å². The molecule has 170 valence electrons. The number of carbonyl (C=O) groups excluding carboxylic acids is 2. The fourth-order valence-electron chi connectivity index (χ4n) is 4.58. The van der Waals surface area contributed by atoms with Crippen LogP contribution < -0.4 is 15.0 Å². The summed E-state index contributed by atoms with van der Waals surface area (Å²) in [5.74, 6) is 0.576. The van der Waals surface area contributed by atoms with Gasteiger partial charge in [-0.3, -0.25) is 14.6 Å². The maximum absolute atomic E-state index is 13.3. The molecule has 0 radical (unpaired) electrons. The fourth-order valence-corrected chi connectivity index (χ4v) is 4.58. The van der Waals surface area contributed by atoms with Crippen molar-refractivity contribution in [1.82, 2.24) is 20.2 Å². The van der Waals surface area contributed by atoms with Crippen LogP contribution in [-0.2, 0) is 4.79 Å². The van der Waals surface area contributed by atoms with Crippen LogP contribution in [0.5, 0.6) is 5.75 Å². The first kappa shape index (κ1) is 22.0. The number of hydrogen-bond acceptors (Lipinski definition) is 6. The second-order valence-electron chi connectivity index (χ2n) is 8.37. The van der Waals surface area contributed by atoms with Gasteiger partial charge in [0.2, 0.25) is 5.91 Å². The summed E-state index contributed by atoms with van der Waals surface area (Å²) in [6, 6.07) is 7.89. The first-order valence-electron chi connectivity index (χ1n) is 11.4. The molecule has 2 heterocycles. The predicted octanol–water partition coefficient (Wildman–Crippen LogP) is 2.43. The largest absolute Gasteiger partial charge is 0.492 e. The molecule has 1 saturated carbocycles. The second-order valence-corrected chi connectivity index (χ2v) is 8.37. The van der Waals surface area contributed by atoms with Crippen molar-refractivity contribution < 1.29 is 14.3 Å². The lowest BCUT2D eigenvalue weighted by molar-refractivity contribution is -0.136. The average molecular weight is 438 g/mol. The Hall–Kier alpha value is -3.16. The molecule has 2 amide bonds. The van der Waals surface area contributed by atoms with Gasteiger partial charge in [0.25, 0.3) is 5.91 Å². The average Bonchev–Trinajstić information content (AvgIpc) is 3.28. The van der Waals surface area contributed by atoms with Gasteiger partial charge in [0, 0.05) is 38.4 Å². The summed E-state index contributed by atoms with van der Waals surface area (Å²) in [7, 11) is 0. The monoisotopic (exact) mass is 437 g/mol. The third kappa shape index (κ3) is 4.84. The number of amides is 2. The van der Waals surface area contributed by atoms with E-state index in [1.165, 1.54) is 6.20 Å². The number of para-hydroxylation sites is 2. The summed E-state index contributed by atoms with van der Waals surface area (Å²) < 4.78 is 5.77. The van der Waals surface area contributed by atoms with Crippen molar-refractivity contribution in [3.8, 4) is 5.75 Å². The zero-order chi connectivity index (χ0) is 22.5. The summed E-state index contributed by atoms with van der Waals surface area (Å²) in [5, 5.41) is 3.02. The van der Waals surface area contributed by atoms with Gasteiger partial charge in [0.1, 0.15) is 11.4 Å². The van der Waals surface area contributed by atoms with E-state index in [-0.39, 0.29) is 29.5 Å². The van der Waals surface area contributed by atoms with Crippen LogP contribution in [-0.4, -0.2) is 65.5 Å². The summed E-state index contributed by atoms with van der Waals surface area (Å²) in [6.45, 7) is 7.29. The number of ether oxygens (including phenoxy) is 1. The van der Waals surface area contributed by atoms with E-state index in [2.05, 4.69) is 26.3 Å². The molecule has 32 heavy (non-hydrogen) atoms. The molecule has 1 aromatic heterocycles. The molecule has 0 spiro atoms. The van der Waals surface area contributed by atoms with Crippen LogP contribution in [0.25, 0.3) is 0 Å². The number of aromatic nitrogens is 2. The molecule has 1 saturated heterocycles. The maximum atomic E-state index is 13.3. The lowest BCUT2D eigenvalue weighted by Gasteiger charge is -2.38. The van der Waals surface area contributed by atoms with E-state index in [0.717, 1.165) is 49.5 Å². The zero-order valence-electron chi connectivity index (χ0n) is 18.8. The Bertz CT molecular complexity index is 941. The SMILES string of the molecule is CCOc1ccccc1N1CCN(C(=O)[C@H]2CCC[C@H]2NC(=O)c2cnc(C)cn2)CC1. The molecule has 2 fully saturated rings. The number of carbonyl (C=O) groups is 2. The van der Waals surface area contributed by atoms with Crippen LogP contribution in [0.1, 0.15) is 42.4 Å². The molecule has 2 atom stereocenters. The molecule has 0 bridgehead atoms. The van der Waals surface area contributed by atoms with Crippen molar-refractivity contribution in [1.29, 1.82) is 0 Å². The maximum Gasteiger partial charge on any atom is 0.271 e. The van der Waals surface area contributed by atoms with Crippen LogP contribution in [0.2, 0.25) is 0 Å². The second kappa shape index (κ2) is 9.97. The molecule has 8 heteroatoms. The van der Waals surface area contributed by atoms with Crippen molar-refractivity contribution in [2.45, 2.75) is 39.2 Å². The third-order valence-corrected chi connectivity index (χ3v) is 6.26. The molecule has 1 aliphatic heterocycles. The Balaban J connectivity index is 1.35. The number of hydrogen-bond donors (Lipinski definition) is 1. The van der Waals surface area contributed by atoms with Crippen molar-refractivity contribution in [3.05, 3.63) is 48.0 Å². The standard InChI is InChI=1S/C24H31N5O3/c1-3-32-22-10-5-4-9-21(22)28-11-13-29(14-12-28)24(31)18-7-6-8-19(18)27-23(30)20-16-25-17(2)15-26-20/h4-5,9-10,15-16,18-19H,3,6-8,11-14H2,1-2H3,(H,27,30)/t18-,19+/m0/s1. The number of rotatable bonds is 6. The molecular weight excluding hydrogens is 406 g/mol. The minimum atomic E-state index is -0.264. The highest BCUT2D eigenvalue weighted by Crippen LogP contribution is 2.31. The number of benzene rings is 1. The Morgan fingerprint density at radius 3 is 2.59 bits per heavy atom. The normalized spacial score (nSPS) is 20.8. The number of anilines is 1. The van der Waals surface area contributed by atoms with E-state index in [1.54, 1.807) is 6.20 Å². The van der Waals surface area contributed by atoms with E-state index >= 15 is 0 Å². The molecule has 4 rings (SSSR count). The highest BCUT2D eigenvalue weighted by atomic mass is 16.5. The summed E-state index contributed by atoms with van der Waals surface area (Å²) in [6.07, 6.45) is 5.60. The van der Waals surface area contributed by atoms with Gasteiger partial charge in [-0.1, -0.05) is 18.6 Å². The first-order valence-corrected chi connectivity index (χ1v) is 11.4. The van der Waals surface area contributed by atoms with Crippen LogP contribution in [0, 0.1) is 12.8 Å². The molecule has 2 aliphatic rings. The molecule has 1 aromatic carbocycles. The number of piperazine rings is 1. The lowest BCUT2D eigenvalue weighted by atomic mass is 10.0. The number of nitrogens with one attached hydrogen (secondary N) is 1. The van der Waals surface area contributed by atoms with E-state index in [4.69, 9.17) is 4.74 Å². The van der Waals surface area contributed by atoms with Crippen LogP contribution in [0.15, 0.2) is 36.7 Å². The van der Waals surface area contributed by atoms with E-state index in [0.29, 0.717) is 19.7 Å². The van der Waals surface area contributed by atoms with E-state index in [9.17, 15) is 9.59 Å². The lowest BCUT2D eigenvalue weighted by Crippen LogP contribution is -2.53. The van der Waals surface area contributed by atoms with Crippen molar-refractivity contribution in [2.75, 3.05) is 37.7 Å². The van der Waals surface area contributed by atoms with Gasteiger partial charge < -0.3 is 19.9 Å². The Morgan fingerprint density at radius 1 is 1.09 bits per heavy atom. The van der Waals surface area contributed by atoms with Gasteiger partial charge in [-0.2, -0.15) is 0 Å². The fraction of sp³-hybridized carbons (Fsp3) is 0.500.